The van der Waals surface area contributed by atoms with Crippen LogP contribution >= 0.6 is 0 Å². The van der Waals surface area contributed by atoms with Gasteiger partial charge in [-0.15, -0.1) is 0 Å². The molecule has 1 heterocycles. The number of hydrogen-bond acceptors (Lipinski definition) is 1. The molecule has 246 valence electrons. The molecule has 11 aromatic rings. The fraction of sp³-hybridized carbons (Fsp3) is 0. The van der Waals surface area contributed by atoms with Crippen molar-refractivity contribution in [3.63, 3.8) is 0 Å². The number of furan rings is 1. The molecule has 53 heavy (non-hydrogen) atoms. The van der Waals surface area contributed by atoms with Crippen molar-refractivity contribution in [2.75, 3.05) is 0 Å². The van der Waals surface area contributed by atoms with E-state index < -0.39 is 0 Å². The highest BCUT2D eigenvalue weighted by Gasteiger charge is 2.19. The Morgan fingerprint density at radius 1 is 0.264 bits per heavy atom. The maximum atomic E-state index is 6.58. The van der Waals surface area contributed by atoms with Crippen LogP contribution in [0.4, 0.5) is 0 Å². The first-order valence-corrected chi connectivity index (χ1v) is 18.3. The number of rotatable bonds is 4. The van der Waals surface area contributed by atoms with Gasteiger partial charge in [0.1, 0.15) is 11.2 Å². The lowest BCUT2D eigenvalue weighted by atomic mass is 9.85. The second-order valence-corrected chi connectivity index (χ2v) is 14.0. The average Bonchev–Trinajstić information content (AvgIpc) is 3.60. The van der Waals surface area contributed by atoms with E-state index in [-0.39, 0.29) is 0 Å². The highest BCUT2D eigenvalue weighted by Crippen LogP contribution is 2.46. The highest BCUT2D eigenvalue weighted by molar-refractivity contribution is 6.22. The molecule has 0 N–H and O–H groups in total. The second-order valence-electron chi connectivity index (χ2n) is 14.0. The molecule has 0 radical (unpaired) electrons. The van der Waals surface area contributed by atoms with Crippen LogP contribution in [-0.4, -0.2) is 0 Å². The third-order valence-electron chi connectivity index (χ3n) is 11.1. The van der Waals surface area contributed by atoms with E-state index in [2.05, 4.69) is 188 Å². The van der Waals surface area contributed by atoms with Gasteiger partial charge in [0.2, 0.25) is 0 Å². The second kappa shape index (κ2) is 11.8. The Hall–Kier alpha value is -6.96. The molecule has 11 rings (SSSR count). The summed E-state index contributed by atoms with van der Waals surface area (Å²) in [5.41, 5.74) is 11.5. The number of hydrogen-bond donors (Lipinski definition) is 0. The lowest BCUT2D eigenvalue weighted by Gasteiger charge is -2.18. The predicted molar refractivity (Wildman–Crippen MR) is 225 cm³/mol. The molecular weight excluding hydrogens is 641 g/mol. The van der Waals surface area contributed by atoms with Gasteiger partial charge < -0.3 is 4.42 Å². The lowest BCUT2D eigenvalue weighted by Crippen LogP contribution is -1.91. The standard InChI is InChI=1S/C52H32O/c1-3-15-39-33(12-1)14-11-22-40(39)34-24-26-35(27-25-34)49-43-18-5-7-20-45(43)50(46-21-8-6-19-44(46)49)36-28-30-37(31-29-36)51-41-16-4-2-13-38(41)32-47-42-17-9-10-23-48(42)53-52(47)51/h1-32H. The van der Waals surface area contributed by atoms with Gasteiger partial charge >= 0.3 is 0 Å². The molecule has 0 spiro atoms. The summed E-state index contributed by atoms with van der Waals surface area (Å²) in [6.45, 7) is 0. The van der Waals surface area contributed by atoms with E-state index in [1.165, 1.54) is 76.5 Å². The van der Waals surface area contributed by atoms with Crippen molar-refractivity contribution in [3.8, 4) is 44.5 Å². The van der Waals surface area contributed by atoms with Gasteiger partial charge in [0.15, 0.2) is 0 Å². The smallest absolute Gasteiger partial charge is 0.143 e. The minimum absolute atomic E-state index is 0.914. The van der Waals surface area contributed by atoms with Crippen LogP contribution in [0.1, 0.15) is 0 Å². The van der Waals surface area contributed by atoms with Crippen molar-refractivity contribution >= 4 is 65.0 Å². The average molecular weight is 673 g/mol. The molecule has 0 aliphatic carbocycles. The molecule has 1 aromatic heterocycles. The van der Waals surface area contributed by atoms with Crippen LogP contribution < -0.4 is 0 Å². The maximum absolute atomic E-state index is 6.58. The van der Waals surface area contributed by atoms with Crippen molar-refractivity contribution in [3.05, 3.63) is 194 Å². The first-order valence-electron chi connectivity index (χ1n) is 18.3. The fourth-order valence-corrected chi connectivity index (χ4v) is 8.66. The summed E-state index contributed by atoms with van der Waals surface area (Å²) in [5, 5.41) is 12.2. The normalized spacial score (nSPS) is 11.8. The molecule has 1 heteroatoms. The van der Waals surface area contributed by atoms with Crippen LogP contribution in [-0.2, 0) is 0 Å². The number of para-hydroxylation sites is 1. The first-order chi connectivity index (χ1) is 26.3. The van der Waals surface area contributed by atoms with E-state index in [0.717, 1.165) is 33.1 Å². The molecule has 0 fully saturated rings. The summed E-state index contributed by atoms with van der Waals surface area (Å²) < 4.78 is 6.58. The zero-order valence-electron chi connectivity index (χ0n) is 28.9. The third kappa shape index (κ3) is 4.64. The van der Waals surface area contributed by atoms with Crippen LogP contribution in [0, 0.1) is 0 Å². The van der Waals surface area contributed by atoms with E-state index in [9.17, 15) is 0 Å². The van der Waals surface area contributed by atoms with Gasteiger partial charge in [0, 0.05) is 16.3 Å². The minimum Gasteiger partial charge on any atom is -0.455 e. The van der Waals surface area contributed by atoms with Crippen molar-refractivity contribution in [1.82, 2.24) is 0 Å². The molecule has 0 aliphatic heterocycles. The number of benzene rings is 10. The zero-order valence-corrected chi connectivity index (χ0v) is 28.9. The molecule has 10 aromatic carbocycles. The third-order valence-corrected chi connectivity index (χ3v) is 11.1. The van der Waals surface area contributed by atoms with Crippen LogP contribution in [0.15, 0.2) is 199 Å². The Kier molecular flexibility index (Phi) is 6.62. The highest BCUT2D eigenvalue weighted by atomic mass is 16.3. The Morgan fingerprint density at radius 2 is 0.698 bits per heavy atom. The Balaban J connectivity index is 1.08. The Labute approximate surface area is 307 Å². The summed E-state index contributed by atoms with van der Waals surface area (Å²) in [4.78, 5) is 0. The van der Waals surface area contributed by atoms with Crippen LogP contribution in [0.2, 0.25) is 0 Å². The van der Waals surface area contributed by atoms with Gasteiger partial charge in [-0.2, -0.15) is 0 Å². The molecule has 0 aliphatic rings. The zero-order chi connectivity index (χ0) is 34.9. The molecule has 0 unspecified atom stereocenters. The quantitative estimate of drug-likeness (QED) is 0.170. The van der Waals surface area contributed by atoms with Gasteiger partial charge in [-0.25, -0.2) is 0 Å². The molecule has 0 saturated heterocycles. The summed E-state index contributed by atoms with van der Waals surface area (Å²) >= 11 is 0. The molecule has 0 amide bonds. The van der Waals surface area contributed by atoms with E-state index in [1.54, 1.807) is 0 Å². The van der Waals surface area contributed by atoms with E-state index >= 15 is 0 Å². The largest absolute Gasteiger partial charge is 0.455 e. The van der Waals surface area contributed by atoms with Gasteiger partial charge in [0.05, 0.1) is 0 Å². The van der Waals surface area contributed by atoms with Gasteiger partial charge in [-0.05, 0) is 94.2 Å². The predicted octanol–water partition coefficient (Wildman–Crippen LogP) is 14.9. The van der Waals surface area contributed by atoms with Gasteiger partial charge in [-0.1, -0.05) is 182 Å². The van der Waals surface area contributed by atoms with Crippen molar-refractivity contribution < 1.29 is 4.42 Å². The van der Waals surface area contributed by atoms with E-state index in [1.807, 2.05) is 6.07 Å². The monoisotopic (exact) mass is 672 g/mol. The lowest BCUT2D eigenvalue weighted by molar-refractivity contribution is 0.670. The topological polar surface area (TPSA) is 13.1 Å². The number of fused-ring (bicyclic) bond motifs is 7. The summed E-state index contributed by atoms with van der Waals surface area (Å²) in [6.07, 6.45) is 0. The maximum Gasteiger partial charge on any atom is 0.143 e. The Morgan fingerprint density at radius 3 is 1.30 bits per heavy atom. The fourth-order valence-electron chi connectivity index (χ4n) is 8.66. The van der Waals surface area contributed by atoms with E-state index in [0.29, 0.717) is 0 Å². The SMILES string of the molecule is c1ccc2c(-c3ccc(-c4c5ccccc5c(-c5ccc(-c6c7ccccc7cc7c6oc6ccccc67)cc5)c5ccccc45)cc3)cccc2c1. The molecule has 0 bridgehead atoms. The summed E-state index contributed by atoms with van der Waals surface area (Å²) in [5.74, 6) is 0. The van der Waals surface area contributed by atoms with Crippen molar-refractivity contribution in [1.29, 1.82) is 0 Å². The molecule has 0 saturated carbocycles. The minimum atomic E-state index is 0.914. The van der Waals surface area contributed by atoms with Gasteiger partial charge in [-0.3, -0.25) is 0 Å². The molecule has 0 atom stereocenters. The Bertz CT molecular complexity index is 3140. The van der Waals surface area contributed by atoms with Crippen LogP contribution in [0.3, 0.4) is 0 Å². The van der Waals surface area contributed by atoms with Crippen molar-refractivity contribution in [2.45, 2.75) is 0 Å². The van der Waals surface area contributed by atoms with Crippen LogP contribution in [0.5, 0.6) is 0 Å². The van der Waals surface area contributed by atoms with Crippen LogP contribution in [0.25, 0.3) is 110 Å². The summed E-state index contributed by atoms with van der Waals surface area (Å²) in [7, 11) is 0. The van der Waals surface area contributed by atoms with E-state index in [4.69, 9.17) is 4.42 Å². The first kappa shape index (κ1) is 29.7. The molecular formula is C52H32O. The summed E-state index contributed by atoms with van der Waals surface area (Å²) in [6, 6.07) is 70.5. The molecule has 1 nitrogen and oxygen atoms in total. The van der Waals surface area contributed by atoms with Gasteiger partial charge in [0.25, 0.3) is 0 Å². The van der Waals surface area contributed by atoms with Crippen molar-refractivity contribution in [2.24, 2.45) is 0 Å².